The van der Waals surface area contributed by atoms with Gasteiger partial charge in [0.25, 0.3) is 5.91 Å². The highest BCUT2D eigenvalue weighted by Gasteiger charge is 2.30. The van der Waals surface area contributed by atoms with E-state index in [0.29, 0.717) is 0 Å². The van der Waals surface area contributed by atoms with E-state index in [4.69, 9.17) is 5.73 Å². The summed E-state index contributed by atoms with van der Waals surface area (Å²) in [5, 5.41) is 2.22. The molecule has 4 nitrogen and oxygen atoms in total. The lowest BCUT2D eigenvalue weighted by Gasteiger charge is -2.02. The molecule has 0 radical (unpaired) electrons. The molecule has 0 aliphatic heterocycles. The molecule has 0 atom stereocenters. The number of primary amides is 1. The van der Waals surface area contributed by atoms with Crippen molar-refractivity contribution in [1.82, 2.24) is 4.98 Å². The van der Waals surface area contributed by atoms with E-state index in [1.54, 1.807) is 0 Å². The lowest BCUT2D eigenvalue weighted by molar-refractivity contribution is -0.672. The standard InChI is InChI=1S/C16H11N3O.BrH/c17-13(20)9-19-8-6-10-5-7-18-15-11-3-1-2-4-12(11)16(19)14(10)15;/h1-8H,9H2,(H-,17,20);1H. The summed E-state index contributed by atoms with van der Waals surface area (Å²) in [6.07, 6.45) is 3.73. The Hall–Kier alpha value is -2.27. The number of carbonyl (C=O) groups excluding carboxylic acids is 1. The maximum absolute atomic E-state index is 11.3. The van der Waals surface area contributed by atoms with Crippen LogP contribution >= 0.6 is 0 Å². The number of hydrogen-bond donors (Lipinski definition) is 1. The highest BCUT2D eigenvalue weighted by atomic mass is 79.9. The molecule has 1 aromatic carbocycles. The summed E-state index contributed by atoms with van der Waals surface area (Å²) in [6.45, 7) is 0.175. The van der Waals surface area contributed by atoms with E-state index in [2.05, 4.69) is 17.1 Å². The van der Waals surface area contributed by atoms with Crippen molar-refractivity contribution in [3.8, 4) is 22.5 Å². The molecular weight excluding hydrogens is 330 g/mol. The third-order valence-corrected chi connectivity index (χ3v) is 3.70. The SMILES string of the molecule is NC(=O)C[n+]1ccc2ccnc3c2c1-c1ccccc1-3.[Br-]. The minimum atomic E-state index is -0.347. The number of aromatic nitrogens is 2. The van der Waals surface area contributed by atoms with Gasteiger partial charge in [0.15, 0.2) is 6.20 Å². The lowest BCUT2D eigenvalue weighted by atomic mass is 10.1. The second-order valence-electron chi connectivity index (χ2n) is 4.93. The molecule has 1 aliphatic rings. The topological polar surface area (TPSA) is 59.9 Å². The molecule has 2 heterocycles. The summed E-state index contributed by atoms with van der Waals surface area (Å²) in [6, 6.07) is 12.1. The number of pyridine rings is 2. The van der Waals surface area contributed by atoms with Gasteiger partial charge in [-0.25, -0.2) is 0 Å². The van der Waals surface area contributed by atoms with E-state index < -0.39 is 0 Å². The van der Waals surface area contributed by atoms with Crippen molar-refractivity contribution in [3.05, 3.63) is 48.8 Å². The minimum Gasteiger partial charge on any atom is -1.00 e. The molecular formula is C16H12BrN3O. The quantitative estimate of drug-likeness (QED) is 0.459. The Balaban J connectivity index is 0.00000132. The minimum absolute atomic E-state index is 0. The van der Waals surface area contributed by atoms with Crippen LogP contribution in [0.4, 0.5) is 0 Å². The highest BCUT2D eigenvalue weighted by molar-refractivity contribution is 6.11. The first-order valence-electron chi connectivity index (χ1n) is 6.45. The van der Waals surface area contributed by atoms with Gasteiger partial charge in [0.05, 0.1) is 16.6 Å². The number of benzene rings is 1. The van der Waals surface area contributed by atoms with Crippen LogP contribution in [0.15, 0.2) is 48.8 Å². The largest absolute Gasteiger partial charge is 1.00 e. The molecule has 2 aromatic heterocycles. The molecule has 104 valence electrons. The zero-order chi connectivity index (χ0) is 13.7. The highest BCUT2D eigenvalue weighted by Crippen LogP contribution is 2.43. The number of halogens is 1. The van der Waals surface area contributed by atoms with Crippen LogP contribution in [0.5, 0.6) is 0 Å². The molecule has 2 N–H and O–H groups in total. The number of nitrogens with two attached hydrogens (primary N) is 1. The van der Waals surface area contributed by atoms with Gasteiger partial charge in [-0.1, -0.05) is 18.2 Å². The van der Waals surface area contributed by atoms with Crippen LogP contribution < -0.4 is 27.3 Å². The van der Waals surface area contributed by atoms with Gasteiger partial charge < -0.3 is 22.7 Å². The first-order chi connectivity index (χ1) is 9.75. The van der Waals surface area contributed by atoms with Crippen molar-refractivity contribution in [1.29, 1.82) is 0 Å². The molecule has 0 spiro atoms. The fraction of sp³-hybridized carbons (Fsp3) is 0.0625. The van der Waals surface area contributed by atoms with Gasteiger partial charge in [-0.2, -0.15) is 4.57 Å². The number of hydrogen-bond acceptors (Lipinski definition) is 2. The molecule has 0 unspecified atom stereocenters. The maximum atomic E-state index is 11.3. The van der Waals surface area contributed by atoms with Crippen LogP contribution in [-0.2, 0) is 11.3 Å². The van der Waals surface area contributed by atoms with Crippen molar-refractivity contribution < 1.29 is 26.3 Å². The number of carbonyl (C=O) groups is 1. The van der Waals surface area contributed by atoms with Crippen molar-refractivity contribution in [2.75, 3.05) is 0 Å². The van der Waals surface area contributed by atoms with Crippen molar-refractivity contribution in [2.24, 2.45) is 5.73 Å². The van der Waals surface area contributed by atoms with Gasteiger partial charge in [0, 0.05) is 17.8 Å². The second kappa shape index (κ2) is 4.93. The first-order valence-corrected chi connectivity index (χ1v) is 6.45. The predicted molar refractivity (Wildman–Crippen MR) is 75.6 cm³/mol. The van der Waals surface area contributed by atoms with E-state index in [0.717, 1.165) is 33.3 Å². The van der Waals surface area contributed by atoms with Crippen LogP contribution in [0.1, 0.15) is 0 Å². The van der Waals surface area contributed by atoms with Crippen LogP contribution in [0, 0.1) is 0 Å². The van der Waals surface area contributed by atoms with Crippen LogP contribution in [-0.4, -0.2) is 10.9 Å². The van der Waals surface area contributed by atoms with Crippen LogP contribution in [0.25, 0.3) is 33.3 Å². The van der Waals surface area contributed by atoms with Crippen LogP contribution in [0.3, 0.4) is 0 Å². The molecule has 1 amide bonds. The summed E-state index contributed by atoms with van der Waals surface area (Å²) in [4.78, 5) is 15.8. The van der Waals surface area contributed by atoms with Gasteiger partial charge in [-0.15, -0.1) is 0 Å². The van der Waals surface area contributed by atoms with Gasteiger partial charge in [-0.05, 0) is 17.5 Å². The lowest BCUT2D eigenvalue weighted by Crippen LogP contribution is -3.00. The predicted octanol–water partition coefficient (Wildman–Crippen LogP) is -1.34. The Labute approximate surface area is 132 Å². The maximum Gasteiger partial charge on any atom is 0.283 e. The number of fused-ring (bicyclic) bond motifs is 3. The fourth-order valence-electron chi connectivity index (χ4n) is 2.94. The Morgan fingerprint density at radius 3 is 2.67 bits per heavy atom. The van der Waals surface area contributed by atoms with Gasteiger partial charge in [0.2, 0.25) is 12.2 Å². The monoisotopic (exact) mass is 341 g/mol. The number of rotatable bonds is 2. The molecule has 3 aromatic rings. The van der Waals surface area contributed by atoms with Crippen molar-refractivity contribution in [2.45, 2.75) is 6.54 Å². The van der Waals surface area contributed by atoms with Crippen molar-refractivity contribution in [3.63, 3.8) is 0 Å². The van der Waals surface area contributed by atoms with Gasteiger partial charge in [-0.3, -0.25) is 9.78 Å². The summed E-state index contributed by atoms with van der Waals surface area (Å²) < 4.78 is 1.90. The van der Waals surface area contributed by atoms with E-state index in [1.807, 2.05) is 41.2 Å². The van der Waals surface area contributed by atoms with E-state index in [9.17, 15) is 4.79 Å². The molecule has 5 heteroatoms. The third-order valence-electron chi connectivity index (χ3n) is 3.70. The third kappa shape index (κ3) is 1.93. The van der Waals surface area contributed by atoms with E-state index in [-0.39, 0.29) is 29.4 Å². The second-order valence-corrected chi connectivity index (χ2v) is 4.93. The zero-order valence-corrected chi connectivity index (χ0v) is 12.7. The molecule has 21 heavy (non-hydrogen) atoms. The summed E-state index contributed by atoms with van der Waals surface area (Å²) in [5.41, 5.74) is 9.57. The summed E-state index contributed by atoms with van der Waals surface area (Å²) >= 11 is 0. The normalized spacial score (nSPS) is 11.0. The molecule has 0 bridgehead atoms. The molecule has 4 rings (SSSR count). The average molecular weight is 342 g/mol. The Morgan fingerprint density at radius 1 is 1.14 bits per heavy atom. The average Bonchev–Trinajstić information content (AvgIpc) is 2.79. The summed E-state index contributed by atoms with van der Waals surface area (Å²) in [7, 11) is 0. The molecule has 0 fully saturated rings. The first kappa shape index (κ1) is 13.7. The Kier molecular flexibility index (Phi) is 3.22. The molecule has 0 saturated heterocycles. The summed E-state index contributed by atoms with van der Waals surface area (Å²) in [5.74, 6) is -0.347. The zero-order valence-electron chi connectivity index (χ0n) is 11.1. The Bertz CT molecular complexity index is 877. The van der Waals surface area contributed by atoms with Crippen molar-refractivity contribution >= 4 is 16.7 Å². The number of nitrogens with zero attached hydrogens (tertiary/aromatic N) is 2. The van der Waals surface area contributed by atoms with E-state index >= 15 is 0 Å². The molecule has 0 saturated carbocycles. The van der Waals surface area contributed by atoms with Crippen LogP contribution in [0.2, 0.25) is 0 Å². The van der Waals surface area contributed by atoms with Gasteiger partial charge in [0.1, 0.15) is 0 Å². The fourth-order valence-corrected chi connectivity index (χ4v) is 2.94. The van der Waals surface area contributed by atoms with E-state index in [1.165, 1.54) is 0 Å². The molecule has 1 aliphatic carbocycles. The smallest absolute Gasteiger partial charge is 0.283 e. The Morgan fingerprint density at radius 2 is 1.90 bits per heavy atom. The van der Waals surface area contributed by atoms with Gasteiger partial charge >= 0.3 is 0 Å². The number of amides is 1.